The van der Waals surface area contributed by atoms with Crippen LogP contribution in [0.3, 0.4) is 0 Å². The fourth-order valence-electron chi connectivity index (χ4n) is 2.69. The normalized spacial score (nSPS) is 11.8. The first kappa shape index (κ1) is 15.9. The number of hydrogen-bond acceptors (Lipinski definition) is 2. The van der Waals surface area contributed by atoms with E-state index in [0.29, 0.717) is 0 Å². The highest BCUT2D eigenvalue weighted by molar-refractivity contribution is 8.00. The zero-order chi connectivity index (χ0) is 16.6. The molecule has 0 atom stereocenters. The molecule has 0 unspecified atom stereocenters. The van der Waals surface area contributed by atoms with Crippen LogP contribution in [0.4, 0.5) is 0 Å². The van der Waals surface area contributed by atoms with Crippen molar-refractivity contribution in [2.24, 2.45) is 0 Å². The molecule has 3 rings (SSSR count). The van der Waals surface area contributed by atoms with Crippen molar-refractivity contribution in [3.05, 3.63) is 66.5 Å². The summed E-state index contributed by atoms with van der Waals surface area (Å²) in [4.78, 5) is 4.63. The van der Waals surface area contributed by atoms with Gasteiger partial charge in [0.2, 0.25) is 0 Å². The van der Waals surface area contributed by atoms with Crippen LogP contribution in [0.25, 0.3) is 16.5 Å². The lowest BCUT2D eigenvalue weighted by Gasteiger charge is -2.20. The van der Waals surface area contributed by atoms with Crippen molar-refractivity contribution in [3.8, 4) is 5.69 Å². The van der Waals surface area contributed by atoms with E-state index < -0.39 is 0 Å². The lowest BCUT2D eigenvalue weighted by Crippen LogP contribution is -2.12. The third-order valence-corrected chi connectivity index (χ3v) is 5.28. The number of aromatic nitrogens is 2. The minimum Gasteiger partial charge on any atom is -0.291 e. The molecule has 0 fully saturated rings. The number of aryl methyl sites for hydroxylation is 2. The average molecular weight is 322 g/mol. The maximum atomic E-state index is 4.63. The van der Waals surface area contributed by atoms with Gasteiger partial charge in [-0.05, 0) is 44.7 Å². The van der Waals surface area contributed by atoms with E-state index in [1.54, 1.807) is 11.8 Å². The second-order valence-corrected chi connectivity index (χ2v) is 8.00. The molecule has 23 heavy (non-hydrogen) atoms. The second kappa shape index (κ2) is 5.89. The van der Waals surface area contributed by atoms with Gasteiger partial charge in [0.05, 0.1) is 5.69 Å². The van der Waals surface area contributed by atoms with Crippen LogP contribution in [0, 0.1) is 13.8 Å². The van der Waals surface area contributed by atoms with Crippen molar-refractivity contribution < 1.29 is 0 Å². The average Bonchev–Trinajstić information content (AvgIpc) is 2.88. The maximum Gasteiger partial charge on any atom is 0.173 e. The van der Waals surface area contributed by atoms with Crippen molar-refractivity contribution in [1.82, 2.24) is 9.55 Å². The van der Waals surface area contributed by atoms with Gasteiger partial charge in [0.15, 0.2) is 5.16 Å². The molecule has 0 radical (unpaired) electrons. The zero-order valence-electron chi connectivity index (χ0n) is 14.1. The first-order valence-electron chi connectivity index (χ1n) is 7.78. The fourth-order valence-corrected chi connectivity index (χ4v) is 3.68. The Bertz CT molecular complexity index is 874. The molecule has 1 heterocycles. The Morgan fingerprint density at radius 2 is 1.78 bits per heavy atom. The molecule has 0 saturated heterocycles. The van der Waals surface area contributed by atoms with Crippen LogP contribution < -0.4 is 0 Å². The Balaban J connectivity index is 2.22. The molecule has 1 aromatic heterocycles. The Kier molecular flexibility index (Phi) is 4.07. The Morgan fingerprint density at radius 1 is 1.09 bits per heavy atom. The Hall–Kier alpha value is -2.00. The third-order valence-electron chi connectivity index (χ3n) is 4.11. The fraction of sp³-hybridized carbons (Fsp3) is 0.250. The van der Waals surface area contributed by atoms with E-state index in [1.807, 2.05) is 12.3 Å². The molecule has 3 heteroatoms. The first-order valence-corrected chi connectivity index (χ1v) is 8.60. The summed E-state index contributed by atoms with van der Waals surface area (Å²) in [6, 6.07) is 12.9. The molecule has 2 aromatic carbocycles. The van der Waals surface area contributed by atoms with Crippen molar-refractivity contribution >= 4 is 22.5 Å². The summed E-state index contributed by atoms with van der Waals surface area (Å²) in [6.07, 6.45) is 3.91. The van der Waals surface area contributed by atoms with Crippen LogP contribution >= 0.6 is 11.8 Å². The van der Waals surface area contributed by atoms with Crippen LogP contribution in [0.15, 0.2) is 60.4 Å². The first-order chi connectivity index (χ1) is 10.9. The molecule has 0 N–H and O–H groups in total. The molecule has 0 spiro atoms. The monoisotopic (exact) mass is 322 g/mol. The summed E-state index contributed by atoms with van der Waals surface area (Å²) in [5.41, 5.74) is 3.62. The summed E-state index contributed by atoms with van der Waals surface area (Å²) < 4.78 is 2.19. The van der Waals surface area contributed by atoms with E-state index in [-0.39, 0.29) is 4.75 Å². The number of fused-ring (bicyclic) bond motifs is 1. The molecule has 0 bridgehead atoms. The van der Waals surface area contributed by atoms with Crippen molar-refractivity contribution in [3.63, 3.8) is 0 Å². The van der Waals surface area contributed by atoms with Gasteiger partial charge in [-0.3, -0.25) is 4.57 Å². The number of imidazole rings is 1. The Morgan fingerprint density at radius 3 is 2.48 bits per heavy atom. The number of thioether (sulfide) groups is 1. The van der Waals surface area contributed by atoms with Crippen LogP contribution in [0.2, 0.25) is 0 Å². The van der Waals surface area contributed by atoms with Crippen molar-refractivity contribution in [2.75, 3.05) is 0 Å². The molecule has 3 aromatic rings. The number of benzene rings is 2. The van der Waals surface area contributed by atoms with Gasteiger partial charge in [0.25, 0.3) is 0 Å². The van der Waals surface area contributed by atoms with Crippen LogP contribution in [0.1, 0.15) is 25.1 Å². The minimum atomic E-state index is -0.0595. The van der Waals surface area contributed by atoms with Gasteiger partial charge in [-0.25, -0.2) is 4.98 Å². The van der Waals surface area contributed by atoms with Gasteiger partial charge in [0, 0.05) is 22.0 Å². The number of rotatable bonds is 4. The quantitative estimate of drug-likeness (QED) is 0.453. The van der Waals surface area contributed by atoms with Crippen LogP contribution in [-0.2, 0) is 0 Å². The minimum absolute atomic E-state index is 0.0595. The van der Waals surface area contributed by atoms with E-state index in [9.17, 15) is 0 Å². The van der Waals surface area contributed by atoms with Gasteiger partial charge in [-0.1, -0.05) is 48.2 Å². The summed E-state index contributed by atoms with van der Waals surface area (Å²) >= 11 is 1.73. The maximum absolute atomic E-state index is 4.63. The molecule has 2 nitrogen and oxygen atoms in total. The number of hydrogen-bond donors (Lipinski definition) is 0. The van der Waals surface area contributed by atoms with Gasteiger partial charge in [-0.15, -0.1) is 6.58 Å². The molecule has 0 aliphatic rings. The van der Waals surface area contributed by atoms with Crippen molar-refractivity contribution in [1.29, 1.82) is 0 Å². The molecule has 0 aliphatic carbocycles. The highest BCUT2D eigenvalue weighted by Gasteiger charge is 2.20. The zero-order valence-corrected chi connectivity index (χ0v) is 14.9. The van der Waals surface area contributed by atoms with E-state index >= 15 is 0 Å². The van der Waals surface area contributed by atoms with Gasteiger partial charge < -0.3 is 0 Å². The second-order valence-electron chi connectivity index (χ2n) is 6.37. The molecule has 0 saturated carbocycles. The molecule has 0 amide bonds. The summed E-state index contributed by atoms with van der Waals surface area (Å²) in [5.74, 6) is 0. The van der Waals surface area contributed by atoms with Crippen LogP contribution in [-0.4, -0.2) is 14.3 Å². The molecule has 118 valence electrons. The Labute approximate surface area is 142 Å². The van der Waals surface area contributed by atoms with Gasteiger partial charge >= 0.3 is 0 Å². The van der Waals surface area contributed by atoms with E-state index in [2.05, 4.69) is 80.2 Å². The smallest absolute Gasteiger partial charge is 0.173 e. The standard InChI is InChI=1S/C20H22N2S/c1-6-20(4,5)23-19-21-13-15(3)22(19)18-12-11-14(2)16-9-7-8-10-17(16)18/h6-13H,1H2,2-5H3. The molecular formula is C20H22N2S. The topological polar surface area (TPSA) is 17.8 Å². The largest absolute Gasteiger partial charge is 0.291 e. The van der Waals surface area contributed by atoms with Gasteiger partial charge in [-0.2, -0.15) is 0 Å². The highest BCUT2D eigenvalue weighted by Crippen LogP contribution is 2.36. The predicted octanol–water partition coefficient (Wildman–Crippen LogP) is 5.70. The molecular weight excluding hydrogens is 300 g/mol. The lowest BCUT2D eigenvalue weighted by molar-refractivity contribution is 0.840. The summed E-state index contributed by atoms with van der Waals surface area (Å²) in [7, 11) is 0. The predicted molar refractivity (Wildman–Crippen MR) is 101 cm³/mol. The molecule has 0 aliphatic heterocycles. The van der Waals surface area contributed by atoms with E-state index in [4.69, 9.17) is 0 Å². The lowest BCUT2D eigenvalue weighted by atomic mass is 10.0. The van der Waals surface area contributed by atoms with E-state index in [1.165, 1.54) is 22.0 Å². The van der Waals surface area contributed by atoms with E-state index in [0.717, 1.165) is 10.9 Å². The van der Waals surface area contributed by atoms with Gasteiger partial charge in [0.1, 0.15) is 0 Å². The highest BCUT2D eigenvalue weighted by atomic mass is 32.2. The van der Waals surface area contributed by atoms with Crippen LogP contribution in [0.5, 0.6) is 0 Å². The number of nitrogens with zero attached hydrogens (tertiary/aromatic N) is 2. The summed E-state index contributed by atoms with van der Waals surface area (Å²) in [5, 5.41) is 3.55. The SMILES string of the molecule is C=CC(C)(C)Sc1ncc(C)n1-c1ccc(C)c2ccccc12. The van der Waals surface area contributed by atoms with Crippen molar-refractivity contribution in [2.45, 2.75) is 37.6 Å². The third kappa shape index (κ3) is 2.93. The summed E-state index contributed by atoms with van der Waals surface area (Å²) in [6.45, 7) is 12.5.